The zero-order valence-electron chi connectivity index (χ0n) is 12.2. The van der Waals surface area contributed by atoms with Crippen molar-refractivity contribution in [2.24, 2.45) is 0 Å². The first-order valence-corrected chi connectivity index (χ1v) is 6.45. The molecule has 0 saturated carbocycles. The second kappa shape index (κ2) is 4.96. The Bertz CT molecular complexity index is 604. The Labute approximate surface area is 114 Å². The number of benzene rings is 2. The number of rotatable bonds is 2. The second-order valence-electron chi connectivity index (χ2n) is 5.18. The number of aryl methyl sites for hydroxylation is 4. The molecule has 2 heteroatoms. The third-order valence-electron chi connectivity index (χ3n) is 3.40. The predicted molar refractivity (Wildman–Crippen MR) is 78.3 cm³/mol. The highest BCUT2D eigenvalue weighted by atomic mass is 16.5. The fourth-order valence-corrected chi connectivity index (χ4v) is 2.37. The normalized spacial score (nSPS) is 10.6. The lowest BCUT2D eigenvalue weighted by Crippen LogP contribution is -1.95. The molecule has 0 bridgehead atoms. The van der Waals surface area contributed by atoms with Gasteiger partial charge in [0.05, 0.1) is 0 Å². The summed E-state index contributed by atoms with van der Waals surface area (Å²) >= 11 is 0. The van der Waals surface area contributed by atoms with E-state index < -0.39 is 0 Å². The van der Waals surface area contributed by atoms with E-state index in [1.807, 2.05) is 39.8 Å². The minimum absolute atomic E-state index is 0.305. The van der Waals surface area contributed by atoms with Crippen LogP contribution in [0.25, 0.3) is 0 Å². The van der Waals surface area contributed by atoms with Crippen LogP contribution >= 0.6 is 0 Å². The van der Waals surface area contributed by atoms with E-state index in [9.17, 15) is 5.11 Å². The van der Waals surface area contributed by atoms with Gasteiger partial charge in [-0.1, -0.05) is 23.8 Å². The smallest absolute Gasteiger partial charge is 0.134 e. The minimum atomic E-state index is 0.305. The molecule has 1 N–H and O–H groups in total. The molecule has 0 amide bonds. The Morgan fingerprint density at radius 1 is 0.842 bits per heavy atom. The summed E-state index contributed by atoms with van der Waals surface area (Å²) < 4.78 is 6.00. The molecule has 2 aromatic rings. The lowest BCUT2D eigenvalue weighted by molar-refractivity contribution is 0.442. The van der Waals surface area contributed by atoms with Gasteiger partial charge < -0.3 is 9.84 Å². The van der Waals surface area contributed by atoms with Crippen molar-refractivity contribution in [1.29, 1.82) is 0 Å². The van der Waals surface area contributed by atoms with Gasteiger partial charge in [0.1, 0.15) is 17.2 Å². The van der Waals surface area contributed by atoms with Crippen LogP contribution in [0.2, 0.25) is 0 Å². The highest BCUT2D eigenvalue weighted by molar-refractivity contribution is 5.51. The van der Waals surface area contributed by atoms with Crippen LogP contribution in [0.5, 0.6) is 17.2 Å². The fourth-order valence-electron chi connectivity index (χ4n) is 2.37. The molecule has 0 fully saturated rings. The largest absolute Gasteiger partial charge is 0.507 e. The number of aromatic hydroxyl groups is 1. The summed E-state index contributed by atoms with van der Waals surface area (Å²) in [6.07, 6.45) is 0. The molecule has 100 valence electrons. The van der Waals surface area contributed by atoms with Crippen LogP contribution in [0.3, 0.4) is 0 Å². The molecule has 0 radical (unpaired) electrons. The molecule has 0 aliphatic carbocycles. The van der Waals surface area contributed by atoms with E-state index in [1.165, 1.54) is 5.56 Å². The van der Waals surface area contributed by atoms with Crippen molar-refractivity contribution in [3.63, 3.8) is 0 Å². The lowest BCUT2D eigenvalue weighted by Gasteiger charge is -2.15. The summed E-state index contributed by atoms with van der Waals surface area (Å²) in [5.41, 5.74) is 5.08. The maximum absolute atomic E-state index is 9.97. The number of phenols is 1. The molecule has 0 saturated heterocycles. The maximum Gasteiger partial charge on any atom is 0.134 e. The Balaban J connectivity index is 2.45. The van der Waals surface area contributed by atoms with Crippen LogP contribution in [0.15, 0.2) is 24.3 Å². The van der Waals surface area contributed by atoms with E-state index in [-0.39, 0.29) is 0 Å². The highest BCUT2D eigenvalue weighted by Gasteiger charge is 2.11. The SMILES string of the molecule is Cc1cc(C)c(Oc2ccc(C)c(O)c2C)c(C)c1. The Morgan fingerprint density at radius 2 is 1.42 bits per heavy atom. The molecule has 0 aliphatic heterocycles. The molecular formula is C17H20O2. The van der Waals surface area contributed by atoms with Crippen molar-refractivity contribution < 1.29 is 9.84 Å². The van der Waals surface area contributed by atoms with E-state index in [0.717, 1.165) is 28.0 Å². The molecule has 0 unspecified atom stereocenters. The summed E-state index contributed by atoms with van der Waals surface area (Å²) in [6, 6.07) is 7.98. The Morgan fingerprint density at radius 3 is 2.00 bits per heavy atom. The molecule has 0 aliphatic rings. The topological polar surface area (TPSA) is 29.5 Å². The predicted octanol–water partition coefficient (Wildman–Crippen LogP) is 4.73. The molecule has 2 rings (SSSR count). The third kappa shape index (κ3) is 2.58. The average Bonchev–Trinajstić information content (AvgIpc) is 2.33. The second-order valence-corrected chi connectivity index (χ2v) is 5.18. The molecule has 0 heterocycles. The number of hydrogen-bond donors (Lipinski definition) is 1. The van der Waals surface area contributed by atoms with Crippen molar-refractivity contribution in [1.82, 2.24) is 0 Å². The van der Waals surface area contributed by atoms with Crippen LogP contribution < -0.4 is 4.74 Å². The summed E-state index contributed by atoms with van der Waals surface area (Å²) in [5.74, 6) is 1.88. The van der Waals surface area contributed by atoms with Gasteiger partial charge in [-0.15, -0.1) is 0 Å². The van der Waals surface area contributed by atoms with E-state index in [1.54, 1.807) is 0 Å². The van der Waals surface area contributed by atoms with Gasteiger partial charge in [-0.2, -0.15) is 0 Å². The number of phenolic OH excluding ortho intramolecular Hbond substituents is 1. The summed E-state index contributed by atoms with van der Waals surface area (Å²) in [6.45, 7) is 9.91. The first kappa shape index (κ1) is 13.5. The quantitative estimate of drug-likeness (QED) is 0.842. The number of ether oxygens (including phenoxy) is 1. The van der Waals surface area contributed by atoms with Gasteiger partial charge in [-0.25, -0.2) is 0 Å². The van der Waals surface area contributed by atoms with Gasteiger partial charge in [-0.05, 0) is 57.4 Å². The van der Waals surface area contributed by atoms with Crippen LogP contribution in [0.4, 0.5) is 0 Å². The molecule has 0 aromatic heterocycles. The first-order valence-electron chi connectivity index (χ1n) is 6.45. The summed E-state index contributed by atoms with van der Waals surface area (Å²) in [5, 5.41) is 9.97. The standard InChI is InChI=1S/C17H20O2/c1-10-8-12(3)17(13(4)9-10)19-15-7-6-11(2)16(18)14(15)5/h6-9,18H,1-5H3. The van der Waals surface area contributed by atoms with Gasteiger partial charge >= 0.3 is 0 Å². The monoisotopic (exact) mass is 256 g/mol. The summed E-state index contributed by atoms with van der Waals surface area (Å²) in [4.78, 5) is 0. The van der Waals surface area contributed by atoms with Gasteiger partial charge in [0.25, 0.3) is 0 Å². The van der Waals surface area contributed by atoms with Gasteiger partial charge in [-0.3, -0.25) is 0 Å². The Kier molecular flexibility index (Phi) is 3.52. The van der Waals surface area contributed by atoms with Gasteiger partial charge in [0, 0.05) is 5.56 Å². The third-order valence-corrected chi connectivity index (χ3v) is 3.40. The van der Waals surface area contributed by atoms with Crippen molar-refractivity contribution in [2.45, 2.75) is 34.6 Å². The van der Waals surface area contributed by atoms with E-state index >= 15 is 0 Å². The van der Waals surface area contributed by atoms with Crippen molar-refractivity contribution in [3.8, 4) is 17.2 Å². The highest BCUT2D eigenvalue weighted by Crippen LogP contribution is 2.35. The van der Waals surface area contributed by atoms with E-state index in [4.69, 9.17) is 4.74 Å². The molecule has 0 spiro atoms. The van der Waals surface area contributed by atoms with Crippen molar-refractivity contribution in [3.05, 3.63) is 52.1 Å². The number of hydrogen-bond acceptors (Lipinski definition) is 2. The van der Waals surface area contributed by atoms with E-state index in [2.05, 4.69) is 19.1 Å². The molecule has 0 atom stereocenters. The first-order chi connectivity index (χ1) is 8.90. The van der Waals surface area contributed by atoms with Crippen LogP contribution in [-0.2, 0) is 0 Å². The van der Waals surface area contributed by atoms with Crippen LogP contribution in [0, 0.1) is 34.6 Å². The fraction of sp³-hybridized carbons (Fsp3) is 0.294. The van der Waals surface area contributed by atoms with Crippen molar-refractivity contribution in [2.75, 3.05) is 0 Å². The van der Waals surface area contributed by atoms with Crippen LogP contribution in [0.1, 0.15) is 27.8 Å². The molecule has 19 heavy (non-hydrogen) atoms. The maximum atomic E-state index is 9.97. The average molecular weight is 256 g/mol. The zero-order chi connectivity index (χ0) is 14.2. The van der Waals surface area contributed by atoms with Crippen LogP contribution in [-0.4, -0.2) is 5.11 Å². The Hall–Kier alpha value is -1.96. The lowest BCUT2D eigenvalue weighted by atomic mass is 10.1. The van der Waals surface area contributed by atoms with Gasteiger partial charge in [0.2, 0.25) is 0 Å². The summed E-state index contributed by atoms with van der Waals surface area (Å²) in [7, 11) is 0. The minimum Gasteiger partial charge on any atom is -0.507 e. The molecular weight excluding hydrogens is 236 g/mol. The zero-order valence-corrected chi connectivity index (χ0v) is 12.2. The van der Waals surface area contributed by atoms with Crippen molar-refractivity contribution >= 4 is 0 Å². The van der Waals surface area contributed by atoms with Gasteiger partial charge in [0.15, 0.2) is 0 Å². The molecule has 2 aromatic carbocycles. The van der Waals surface area contributed by atoms with E-state index in [0.29, 0.717) is 11.5 Å². The molecule has 2 nitrogen and oxygen atoms in total.